The number of alkyl halides is 3. The molecule has 1 radical (unpaired) electrons. The van der Waals surface area contributed by atoms with Crippen molar-refractivity contribution in [3.05, 3.63) is 48.0 Å². The Labute approximate surface area is 120 Å². The van der Waals surface area contributed by atoms with Crippen molar-refractivity contribution < 1.29 is 17.6 Å². The number of hydrogen-bond donors (Lipinski definition) is 0. The van der Waals surface area contributed by atoms with Crippen molar-refractivity contribution in [2.24, 2.45) is 0 Å². The molecule has 109 valence electrons. The maximum absolute atomic E-state index is 13.9. The van der Waals surface area contributed by atoms with Gasteiger partial charge in [0.05, 0.1) is 11.3 Å². The van der Waals surface area contributed by atoms with Gasteiger partial charge in [0.25, 0.3) is 0 Å². The highest BCUT2D eigenvalue weighted by Crippen LogP contribution is 2.42. The minimum Gasteiger partial charge on any atom is -0.206 e. The summed E-state index contributed by atoms with van der Waals surface area (Å²) < 4.78 is 53.6. The predicted octanol–water partition coefficient (Wildman–Crippen LogP) is 3.36. The van der Waals surface area contributed by atoms with Gasteiger partial charge in [0, 0.05) is 16.2 Å². The van der Waals surface area contributed by atoms with Gasteiger partial charge in [0.2, 0.25) is 0 Å². The molecule has 0 aliphatic rings. The highest BCUT2D eigenvalue weighted by Gasteiger charge is 2.35. The molecule has 4 nitrogen and oxygen atoms in total. The van der Waals surface area contributed by atoms with Crippen molar-refractivity contribution in [3.8, 4) is 5.69 Å². The quantitative estimate of drug-likeness (QED) is 0.506. The molecule has 5 rings (SSSR count). The van der Waals surface area contributed by atoms with E-state index >= 15 is 0 Å². The second kappa shape index (κ2) is 4.12. The molecule has 0 saturated heterocycles. The third-order valence-electron chi connectivity index (χ3n) is 3.48. The lowest BCUT2D eigenvalue weighted by Crippen LogP contribution is -2.09. The van der Waals surface area contributed by atoms with Crippen molar-refractivity contribution in [3.63, 3.8) is 0 Å². The third kappa shape index (κ3) is 1.66. The second-order valence-electron chi connectivity index (χ2n) is 4.72. The van der Waals surface area contributed by atoms with Gasteiger partial charge in [-0.3, -0.25) is 0 Å². The number of fused-ring (bicyclic) bond motifs is 2. The van der Waals surface area contributed by atoms with E-state index in [2.05, 4.69) is 21.5 Å². The minimum absolute atomic E-state index is 0.115. The number of benzene rings is 4. The fourth-order valence-corrected chi connectivity index (χ4v) is 2.63. The Morgan fingerprint density at radius 3 is 2.59 bits per heavy atom. The molecule has 1 heterocycles. The highest BCUT2D eigenvalue weighted by atomic mass is 19.4. The molecular weight excluding hydrogens is 300 g/mol. The Morgan fingerprint density at radius 1 is 1.14 bits per heavy atom. The summed E-state index contributed by atoms with van der Waals surface area (Å²) in [5, 5.41) is 11.2. The normalized spacial score (nSPS) is 12.5. The highest BCUT2D eigenvalue weighted by molar-refractivity contribution is 6.15. The molecule has 0 amide bonds. The number of hydrogen-bond acceptors (Lipinski definition) is 3. The molecule has 0 aliphatic heterocycles. The fourth-order valence-electron chi connectivity index (χ4n) is 2.63. The van der Waals surface area contributed by atoms with Crippen LogP contribution in [0.1, 0.15) is 5.56 Å². The van der Waals surface area contributed by atoms with E-state index in [9.17, 15) is 17.6 Å². The summed E-state index contributed by atoms with van der Waals surface area (Å²) in [6.45, 7) is 0. The van der Waals surface area contributed by atoms with Gasteiger partial charge in [-0.15, -0.1) is 15.0 Å². The monoisotopic (exact) mass is 305 g/mol. The summed E-state index contributed by atoms with van der Waals surface area (Å²) in [5.74, 6) is -0.701. The lowest BCUT2D eigenvalue weighted by Gasteiger charge is -2.16. The smallest absolute Gasteiger partial charge is 0.206 e. The molecule has 0 unspecified atom stereocenters. The number of halogens is 4. The number of rotatable bonds is 1. The van der Waals surface area contributed by atoms with Crippen LogP contribution in [-0.2, 0) is 6.18 Å². The van der Waals surface area contributed by atoms with Crippen molar-refractivity contribution >= 4 is 21.5 Å². The molecule has 0 atom stereocenters. The molecular formula is C14H5F4N4. The van der Waals surface area contributed by atoms with E-state index in [-0.39, 0.29) is 21.8 Å². The average molecular weight is 305 g/mol. The van der Waals surface area contributed by atoms with E-state index < -0.39 is 17.6 Å². The van der Waals surface area contributed by atoms with Crippen LogP contribution >= 0.6 is 0 Å². The number of tetrazole rings is 1. The first-order valence-electron chi connectivity index (χ1n) is 6.16. The van der Waals surface area contributed by atoms with Crippen LogP contribution in [0.3, 0.4) is 0 Å². The van der Waals surface area contributed by atoms with Gasteiger partial charge >= 0.3 is 6.18 Å². The van der Waals surface area contributed by atoms with Crippen molar-refractivity contribution in [1.29, 1.82) is 0 Å². The van der Waals surface area contributed by atoms with Crippen molar-refractivity contribution in [2.45, 2.75) is 6.18 Å². The Bertz CT molecular complexity index is 976. The maximum atomic E-state index is 13.9. The summed E-state index contributed by atoms with van der Waals surface area (Å²) in [7, 11) is 0. The van der Waals surface area contributed by atoms with Crippen LogP contribution in [0.15, 0.2) is 30.6 Å². The van der Waals surface area contributed by atoms with Gasteiger partial charge in [0.1, 0.15) is 5.82 Å². The van der Waals surface area contributed by atoms with Gasteiger partial charge in [-0.2, -0.15) is 13.2 Å². The standard InChI is InChI=1S/C14H5F4N4/c15-10-5-7-1-2-8(10)13-9(14(16,17)18)3-4-11(12(7)13)22-20-6-19-21-22/h1-2,4-6H. The van der Waals surface area contributed by atoms with Crippen LogP contribution in [0.2, 0.25) is 0 Å². The van der Waals surface area contributed by atoms with Crippen LogP contribution < -0.4 is 0 Å². The van der Waals surface area contributed by atoms with Crippen LogP contribution in [0.4, 0.5) is 17.6 Å². The first kappa shape index (κ1) is 12.9. The molecule has 0 N–H and O–H groups in total. The Morgan fingerprint density at radius 2 is 1.95 bits per heavy atom. The Kier molecular flexibility index (Phi) is 2.42. The summed E-state index contributed by atoms with van der Waals surface area (Å²) in [6, 6.07) is 7.40. The molecule has 1 aromatic heterocycles. The first-order chi connectivity index (χ1) is 10.5. The zero-order valence-electron chi connectivity index (χ0n) is 10.7. The minimum atomic E-state index is -4.64. The first-order valence-corrected chi connectivity index (χ1v) is 6.16. The number of aromatic nitrogens is 4. The molecule has 2 bridgehead atoms. The topological polar surface area (TPSA) is 43.6 Å². The summed E-state index contributed by atoms with van der Waals surface area (Å²) in [6.07, 6.45) is -3.48. The Hall–Kier alpha value is -2.77. The molecule has 22 heavy (non-hydrogen) atoms. The van der Waals surface area contributed by atoms with E-state index in [0.717, 1.165) is 17.2 Å². The van der Waals surface area contributed by atoms with Crippen molar-refractivity contribution in [2.75, 3.05) is 0 Å². The Balaban J connectivity index is 2.23. The average Bonchev–Trinajstić information content (AvgIpc) is 2.99. The molecule has 8 heteroatoms. The van der Waals surface area contributed by atoms with Gasteiger partial charge in [-0.05, 0) is 28.8 Å². The zero-order chi connectivity index (χ0) is 15.5. The lowest BCUT2D eigenvalue weighted by molar-refractivity contribution is -0.136. The SMILES string of the molecule is Fc1cc2ccc1c1c(C(F)(F)F)[c]cc(-n3ncnn3)c21. The molecule has 5 aromatic rings. The maximum Gasteiger partial charge on any atom is 0.417 e. The van der Waals surface area contributed by atoms with Crippen molar-refractivity contribution in [1.82, 2.24) is 20.2 Å². The van der Waals surface area contributed by atoms with E-state index in [1.807, 2.05) is 0 Å². The third-order valence-corrected chi connectivity index (χ3v) is 3.48. The molecule has 0 saturated carbocycles. The fraction of sp³-hybridized carbons (Fsp3) is 0.0714. The summed E-state index contributed by atoms with van der Waals surface area (Å²) in [4.78, 5) is 1.09. The second-order valence-corrected chi connectivity index (χ2v) is 4.72. The van der Waals surface area contributed by atoms with Crippen LogP contribution in [0.25, 0.3) is 27.2 Å². The van der Waals surface area contributed by atoms with Gasteiger partial charge < -0.3 is 0 Å². The largest absolute Gasteiger partial charge is 0.417 e. The van der Waals surface area contributed by atoms with E-state index in [1.165, 1.54) is 12.1 Å². The van der Waals surface area contributed by atoms with Gasteiger partial charge in [0.15, 0.2) is 6.33 Å². The van der Waals surface area contributed by atoms with Gasteiger partial charge in [-0.1, -0.05) is 12.1 Å². The molecule has 4 aromatic carbocycles. The lowest BCUT2D eigenvalue weighted by atomic mass is 9.93. The van der Waals surface area contributed by atoms with E-state index in [4.69, 9.17) is 0 Å². The summed E-state index contributed by atoms with van der Waals surface area (Å²) >= 11 is 0. The van der Waals surface area contributed by atoms with Crippen LogP contribution in [-0.4, -0.2) is 20.2 Å². The molecule has 0 fully saturated rings. The summed E-state index contributed by atoms with van der Waals surface area (Å²) in [5.41, 5.74) is -0.743. The van der Waals surface area contributed by atoms with Gasteiger partial charge in [-0.25, -0.2) is 4.39 Å². The number of nitrogens with zero attached hydrogens (tertiary/aromatic N) is 4. The molecule has 0 spiro atoms. The zero-order valence-corrected chi connectivity index (χ0v) is 10.7. The van der Waals surface area contributed by atoms with E-state index in [0.29, 0.717) is 5.39 Å². The van der Waals surface area contributed by atoms with Crippen LogP contribution in [0.5, 0.6) is 0 Å². The molecule has 0 aliphatic carbocycles. The predicted molar refractivity (Wildman–Crippen MR) is 69.1 cm³/mol. The van der Waals surface area contributed by atoms with E-state index in [1.54, 1.807) is 6.07 Å². The van der Waals surface area contributed by atoms with Crippen LogP contribution in [0, 0.1) is 11.9 Å².